The fourth-order valence-corrected chi connectivity index (χ4v) is 10.0. The summed E-state index contributed by atoms with van der Waals surface area (Å²) >= 11 is 0. The number of halogens is 2. The van der Waals surface area contributed by atoms with Gasteiger partial charge in [0.05, 0.1) is 6.10 Å². The van der Waals surface area contributed by atoms with E-state index >= 15 is 8.78 Å². The van der Waals surface area contributed by atoms with E-state index in [1.165, 1.54) is 19.1 Å². The molecular weight excluding hydrogens is 536 g/mol. The van der Waals surface area contributed by atoms with E-state index < -0.39 is 76.6 Å². The van der Waals surface area contributed by atoms with Crippen LogP contribution in [0.5, 0.6) is 0 Å². The molecule has 2 bridgehead atoms. The van der Waals surface area contributed by atoms with E-state index in [9.17, 15) is 19.5 Å². The van der Waals surface area contributed by atoms with Crippen LogP contribution in [0.2, 0.25) is 0 Å². The first-order chi connectivity index (χ1) is 19.3. The van der Waals surface area contributed by atoms with Crippen LogP contribution in [0.4, 0.5) is 13.6 Å². The molecule has 12 atom stereocenters. The minimum Gasteiger partial charge on any atom is -0.447 e. The number of allylic oxidation sites excluding steroid dienone is 4. The quantitative estimate of drug-likeness (QED) is 0.481. The number of hydrogen-bond acceptors (Lipinski definition) is 8. The number of carbonyl (C=O) groups is 3. The highest BCUT2D eigenvalue weighted by molar-refractivity contribution is 6.01. The van der Waals surface area contributed by atoms with Gasteiger partial charge in [-0.25, -0.2) is 18.4 Å². The second-order valence-electron chi connectivity index (χ2n) is 13.6. The molecule has 5 fully saturated rings. The van der Waals surface area contributed by atoms with Crippen LogP contribution in [0.25, 0.3) is 0 Å². The molecule has 0 aliphatic heterocycles. The Morgan fingerprint density at radius 2 is 1.93 bits per heavy atom. The van der Waals surface area contributed by atoms with Gasteiger partial charge in [0, 0.05) is 22.7 Å². The van der Waals surface area contributed by atoms with Crippen molar-refractivity contribution in [1.29, 1.82) is 5.26 Å². The summed E-state index contributed by atoms with van der Waals surface area (Å²) in [5.41, 5.74) is -7.28. The van der Waals surface area contributed by atoms with Crippen molar-refractivity contribution in [2.75, 3.05) is 6.61 Å². The fraction of sp³-hybridized carbons (Fsp3) is 0.742. The number of aliphatic hydroxyl groups is 1. The summed E-state index contributed by atoms with van der Waals surface area (Å²) in [4.78, 5) is 39.3. The van der Waals surface area contributed by atoms with Crippen LogP contribution in [0.1, 0.15) is 65.7 Å². The van der Waals surface area contributed by atoms with Gasteiger partial charge in [-0.1, -0.05) is 19.9 Å². The minimum atomic E-state index is -2.35. The Kier molecular flexibility index (Phi) is 6.46. The summed E-state index contributed by atoms with van der Waals surface area (Å²) in [5, 5.41) is 20.8. The predicted octanol–water partition coefficient (Wildman–Crippen LogP) is 4.70. The summed E-state index contributed by atoms with van der Waals surface area (Å²) < 4.78 is 50.3. The highest BCUT2D eigenvalue weighted by Crippen LogP contribution is 2.71. The molecule has 0 aromatic heterocycles. The summed E-state index contributed by atoms with van der Waals surface area (Å²) in [6, 6.07) is 1.76. The lowest BCUT2D eigenvalue weighted by atomic mass is 9.44. The second kappa shape index (κ2) is 9.35. The predicted molar refractivity (Wildman–Crippen MR) is 139 cm³/mol. The molecule has 0 unspecified atom stereocenters. The van der Waals surface area contributed by atoms with Crippen molar-refractivity contribution in [3.63, 3.8) is 0 Å². The van der Waals surface area contributed by atoms with Gasteiger partial charge in [0.25, 0.3) is 0 Å². The van der Waals surface area contributed by atoms with E-state index in [0.29, 0.717) is 5.92 Å². The topological polar surface area (TPSA) is 123 Å². The largest absolute Gasteiger partial charge is 0.509 e. The number of carbonyl (C=O) groups excluding carboxylic acids is 3. The Morgan fingerprint density at radius 3 is 2.59 bits per heavy atom. The molecule has 0 aromatic carbocycles. The first kappa shape index (κ1) is 28.3. The van der Waals surface area contributed by atoms with Gasteiger partial charge in [-0.05, 0) is 87.3 Å². The first-order valence-corrected chi connectivity index (χ1v) is 14.7. The van der Waals surface area contributed by atoms with Gasteiger partial charge >= 0.3 is 12.1 Å². The Hall–Kier alpha value is -2.80. The molecule has 0 aromatic rings. The van der Waals surface area contributed by atoms with E-state index in [-0.39, 0.29) is 36.9 Å². The lowest BCUT2D eigenvalue weighted by molar-refractivity contribution is -0.234. The molecule has 5 saturated carbocycles. The van der Waals surface area contributed by atoms with Crippen molar-refractivity contribution < 1.29 is 42.5 Å². The number of alkyl halides is 2. The highest BCUT2D eigenvalue weighted by Gasteiger charge is 2.79. The molecule has 0 spiro atoms. The van der Waals surface area contributed by atoms with Gasteiger partial charge in [-0.15, -0.1) is 0 Å². The van der Waals surface area contributed by atoms with Gasteiger partial charge in [0.15, 0.2) is 18.1 Å². The van der Waals surface area contributed by atoms with E-state index in [4.69, 9.17) is 19.5 Å². The number of hydrogen-bond donors (Lipinski definition) is 1. The van der Waals surface area contributed by atoms with Gasteiger partial charge in [0.2, 0.25) is 5.60 Å². The molecule has 1 N–H and O–H groups in total. The van der Waals surface area contributed by atoms with Gasteiger partial charge in [0.1, 0.15) is 18.3 Å². The molecule has 0 heterocycles. The van der Waals surface area contributed by atoms with Crippen LogP contribution in [0.15, 0.2) is 23.8 Å². The monoisotopic (exact) mass is 573 g/mol. The molecule has 6 aliphatic rings. The van der Waals surface area contributed by atoms with E-state index in [1.54, 1.807) is 19.9 Å². The first-order valence-electron chi connectivity index (χ1n) is 14.7. The molecule has 222 valence electrons. The maximum absolute atomic E-state index is 17.5. The Balaban J connectivity index is 1.38. The lowest BCUT2D eigenvalue weighted by Crippen LogP contribution is -2.71. The summed E-state index contributed by atoms with van der Waals surface area (Å²) in [6.07, 6.45) is 2.36. The Morgan fingerprint density at radius 1 is 1.17 bits per heavy atom. The van der Waals surface area contributed by atoms with Gasteiger partial charge in [-0.2, -0.15) is 5.26 Å². The smallest absolute Gasteiger partial charge is 0.447 e. The zero-order valence-corrected chi connectivity index (χ0v) is 23.6. The number of aliphatic hydroxyl groups excluding tert-OH is 1. The zero-order chi connectivity index (χ0) is 29.5. The maximum atomic E-state index is 17.5. The highest BCUT2D eigenvalue weighted by atomic mass is 19.1. The number of nitrogens with zero attached hydrogens (tertiary/aromatic N) is 1. The number of nitriles is 1. The van der Waals surface area contributed by atoms with E-state index in [1.807, 2.05) is 0 Å². The van der Waals surface area contributed by atoms with Crippen LogP contribution in [-0.2, 0) is 23.8 Å². The summed E-state index contributed by atoms with van der Waals surface area (Å²) in [5.74, 6) is -3.13. The van der Waals surface area contributed by atoms with Gasteiger partial charge in [-0.3, -0.25) is 4.79 Å². The standard InChI is InChI=1S/C31H37F2NO7/c1-16-10-20-21-14-23(32)22-13-19(35)6-7-28(22,2)30(21,33)25(36)15-29(20,3)31(16,26(37)39-9-8-34)41-27(38)40-24-12-17-4-5-18(24)11-17/h6-7,13,16-18,20-21,23-25,36H,4-5,9-12,14-15H2,1-3H3/t16-,17-,18+,20+,21+,23+,24+,25+,28+,29+,30+,31+/m1/s1. The molecule has 41 heavy (non-hydrogen) atoms. The fourth-order valence-electron chi connectivity index (χ4n) is 10.0. The summed E-state index contributed by atoms with van der Waals surface area (Å²) in [6.45, 7) is 4.26. The van der Waals surface area contributed by atoms with Crippen molar-refractivity contribution in [2.45, 2.75) is 95.4 Å². The van der Waals surface area contributed by atoms with Crippen molar-refractivity contribution >= 4 is 17.9 Å². The SMILES string of the molecule is C[C@@H]1C[C@H]2[C@@H]3C[C@H](F)C4=CC(=O)C=C[C@]4(C)[C@@]3(F)[C@@H](O)C[C@]2(C)[C@@]1(OC(=O)O[C@H]1C[C@@H]2CC[C@H]1C2)C(=O)OCC#N. The number of rotatable bonds is 4. The van der Waals surface area contributed by atoms with Gasteiger partial charge < -0.3 is 19.3 Å². The van der Waals surface area contributed by atoms with Crippen molar-refractivity contribution in [3.05, 3.63) is 23.8 Å². The zero-order valence-electron chi connectivity index (χ0n) is 23.6. The van der Waals surface area contributed by atoms with E-state index in [0.717, 1.165) is 31.8 Å². The molecule has 0 amide bonds. The number of esters is 1. The molecule has 6 rings (SSSR count). The maximum Gasteiger partial charge on any atom is 0.509 e. The molecule has 6 aliphatic carbocycles. The number of fused-ring (bicyclic) bond motifs is 7. The van der Waals surface area contributed by atoms with Crippen LogP contribution >= 0.6 is 0 Å². The minimum absolute atomic E-state index is 0.00262. The van der Waals surface area contributed by atoms with Crippen LogP contribution < -0.4 is 0 Å². The second-order valence-corrected chi connectivity index (χ2v) is 13.6. The van der Waals surface area contributed by atoms with Crippen molar-refractivity contribution in [3.8, 4) is 6.07 Å². The van der Waals surface area contributed by atoms with Crippen LogP contribution in [0, 0.1) is 51.8 Å². The third kappa shape index (κ3) is 3.66. The van der Waals surface area contributed by atoms with Crippen LogP contribution in [0.3, 0.4) is 0 Å². The Labute approximate surface area is 238 Å². The molecule has 0 saturated heterocycles. The van der Waals surface area contributed by atoms with Crippen molar-refractivity contribution in [1.82, 2.24) is 0 Å². The third-order valence-electron chi connectivity index (χ3n) is 11.9. The molecule has 8 nitrogen and oxygen atoms in total. The molecular formula is C31H37F2NO7. The average Bonchev–Trinajstić information content (AvgIpc) is 3.59. The van der Waals surface area contributed by atoms with Crippen LogP contribution in [-0.4, -0.2) is 59.3 Å². The Bertz CT molecular complexity index is 1280. The lowest BCUT2D eigenvalue weighted by Gasteiger charge is -2.62. The van der Waals surface area contributed by atoms with Crippen molar-refractivity contribution in [2.24, 2.45) is 40.4 Å². The number of ketones is 1. The third-order valence-corrected chi connectivity index (χ3v) is 11.9. The number of ether oxygens (including phenoxy) is 3. The molecule has 10 heteroatoms. The summed E-state index contributed by atoms with van der Waals surface area (Å²) in [7, 11) is 0. The van der Waals surface area contributed by atoms with E-state index in [2.05, 4.69) is 0 Å². The average molecular weight is 574 g/mol. The normalized spacial score (nSPS) is 49.3. The molecule has 0 radical (unpaired) electrons.